The van der Waals surface area contributed by atoms with Gasteiger partial charge in [-0.15, -0.1) is 0 Å². The van der Waals surface area contributed by atoms with Crippen LogP contribution >= 0.6 is 0 Å². The molecule has 1 aromatic heterocycles. The van der Waals surface area contributed by atoms with Crippen LogP contribution in [0.4, 0.5) is 8.78 Å². The minimum atomic E-state index is -3.25. The molecule has 0 spiro atoms. The summed E-state index contributed by atoms with van der Waals surface area (Å²) in [5.41, 5.74) is 2.62. The Morgan fingerprint density at radius 1 is 0.875 bits per heavy atom. The first-order valence-electron chi connectivity index (χ1n) is 14.0. The Balaban J connectivity index is 1.21. The highest BCUT2D eigenvalue weighted by molar-refractivity contribution is 7.88. The Morgan fingerprint density at radius 2 is 1.50 bits per heavy atom. The summed E-state index contributed by atoms with van der Waals surface area (Å²) in [5.74, 6) is -1.07. The van der Waals surface area contributed by atoms with Gasteiger partial charge in [0, 0.05) is 56.9 Å². The Labute approximate surface area is 236 Å². The lowest BCUT2D eigenvalue weighted by Crippen LogP contribution is -2.40. The number of hydrogen-bond donors (Lipinski definition) is 0. The predicted octanol–water partition coefficient (Wildman–Crippen LogP) is 2.96. The molecule has 1 aromatic carbocycles. The second-order valence-electron chi connectivity index (χ2n) is 11.6. The summed E-state index contributed by atoms with van der Waals surface area (Å²) in [5, 5.41) is 0. The molecule has 9 nitrogen and oxygen atoms in total. The van der Waals surface area contributed by atoms with Gasteiger partial charge in [0.05, 0.1) is 31.1 Å². The first-order valence-corrected chi connectivity index (χ1v) is 17.7. The lowest BCUT2D eigenvalue weighted by Gasteiger charge is -2.38. The van der Waals surface area contributed by atoms with Crippen molar-refractivity contribution in [2.75, 3.05) is 51.8 Å². The Kier molecular flexibility index (Phi) is 8.68. The fourth-order valence-corrected chi connectivity index (χ4v) is 8.38. The van der Waals surface area contributed by atoms with E-state index in [1.165, 1.54) is 33.3 Å². The number of sulfonamides is 2. The number of fused-ring (bicyclic) bond motifs is 1. The van der Waals surface area contributed by atoms with Crippen LogP contribution in [0.15, 0.2) is 24.5 Å². The minimum absolute atomic E-state index is 0.0527. The largest absolute Gasteiger partial charge is 0.331 e. The fourth-order valence-electron chi connectivity index (χ4n) is 6.72. The maximum Gasteiger partial charge on any atom is 0.211 e. The van der Waals surface area contributed by atoms with Gasteiger partial charge in [-0.05, 0) is 68.2 Å². The van der Waals surface area contributed by atoms with Crippen LogP contribution in [0, 0.1) is 17.6 Å². The van der Waals surface area contributed by atoms with Gasteiger partial charge < -0.3 is 9.47 Å². The van der Waals surface area contributed by atoms with E-state index in [9.17, 15) is 25.6 Å². The van der Waals surface area contributed by atoms with Gasteiger partial charge in [-0.25, -0.2) is 34.9 Å². The van der Waals surface area contributed by atoms with Crippen LogP contribution in [-0.4, -0.2) is 91.7 Å². The van der Waals surface area contributed by atoms with E-state index in [4.69, 9.17) is 0 Å². The van der Waals surface area contributed by atoms with E-state index in [2.05, 4.69) is 14.5 Å². The molecule has 5 rings (SSSR count). The van der Waals surface area contributed by atoms with Crippen LogP contribution in [0.2, 0.25) is 0 Å². The van der Waals surface area contributed by atoms with Gasteiger partial charge in [0.1, 0.15) is 11.6 Å². The molecule has 0 radical (unpaired) electrons. The van der Waals surface area contributed by atoms with Gasteiger partial charge in [0.2, 0.25) is 20.0 Å². The minimum Gasteiger partial charge on any atom is -0.331 e. The lowest BCUT2D eigenvalue weighted by atomic mass is 9.78. The molecule has 2 aromatic rings. The standard InChI is InChI=1S/C27H39F2N5O4S2/c1-39(35,36)32-12-3-20(4-13-32)25(21-15-22(28)17-23(29)16-21)7-11-31-9-5-24(6-10-31)34-19-30-26-18-33(40(2,37)38)14-8-27(26)34/h15-17,19-20,24-25H,3-14,18H2,1-2H3/t25-/m1/s1. The normalized spacial score (nSPS) is 21.9. The Morgan fingerprint density at radius 3 is 2.10 bits per heavy atom. The molecule has 3 aliphatic rings. The molecule has 0 unspecified atom stereocenters. The highest BCUT2D eigenvalue weighted by atomic mass is 32.2. The van der Waals surface area contributed by atoms with E-state index in [0.717, 1.165) is 56.4 Å². The van der Waals surface area contributed by atoms with E-state index in [1.807, 2.05) is 6.33 Å². The monoisotopic (exact) mass is 599 g/mol. The van der Waals surface area contributed by atoms with Crippen LogP contribution in [0.5, 0.6) is 0 Å². The molecule has 2 fully saturated rings. The summed E-state index contributed by atoms with van der Waals surface area (Å²) < 4.78 is 81.4. The summed E-state index contributed by atoms with van der Waals surface area (Å²) >= 11 is 0. The van der Waals surface area contributed by atoms with E-state index >= 15 is 0 Å². The molecular weight excluding hydrogens is 560 g/mol. The SMILES string of the molecule is CS(=O)(=O)N1CCC([C@@H](CCN2CCC(n3cnc4c3CCN(S(C)(=O)=O)C4)CC2)c2cc(F)cc(F)c2)CC1. The van der Waals surface area contributed by atoms with Crippen molar-refractivity contribution in [3.05, 3.63) is 53.1 Å². The van der Waals surface area contributed by atoms with Crippen molar-refractivity contribution in [1.82, 2.24) is 23.1 Å². The van der Waals surface area contributed by atoms with Crippen LogP contribution < -0.4 is 0 Å². The molecule has 13 heteroatoms. The van der Waals surface area contributed by atoms with Gasteiger partial charge >= 0.3 is 0 Å². The first-order chi connectivity index (χ1) is 18.9. The lowest BCUT2D eigenvalue weighted by molar-refractivity contribution is 0.166. The fraction of sp³-hybridized carbons (Fsp3) is 0.667. The maximum atomic E-state index is 14.2. The van der Waals surface area contributed by atoms with Crippen LogP contribution in [-0.2, 0) is 33.0 Å². The molecule has 0 aliphatic carbocycles. The number of benzene rings is 1. The smallest absolute Gasteiger partial charge is 0.211 e. The molecule has 0 bridgehead atoms. The highest BCUT2D eigenvalue weighted by Crippen LogP contribution is 2.37. The highest BCUT2D eigenvalue weighted by Gasteiger charge is 2.33. The molecule has 40 heavy (non-hydrogen) atoms. The number of likely N-dealkylation sites (tertiary alicyclic amines) is 1. The van der Waals surface area contributed by atoms with Crippen LogP contribution in [0.1, 0.15) is 61.0 Å². The second-order valence-corrected chi connectivity index (χ2v) is 15.5. The van der Waals surface area contributed by atoms with Gasteiger partial charge in [0.15, 0.2) is 0 Å². The van der Waals surface area contributed by atoms with Crippen molar-refractivity contribution in [2.24, 2.45) is 5.92 Å². The number of hydrogen-bond acceptors (Lipinski definition) is 6. The van der Waals surface area contributed by atoms with Crippen molar-refractivity contribution in [3.63, 3.8) is 0 Å². The molecule has 4 heterocycles. The maximum absolute atomic E-state index is 14.2. The average molecular weight is 600 g/mol. The Hall–Kier alpha value is -1.93. The quantitative estimate of drug-likeness (QED) is 0.463. The zero-order valence-electron chi connectivity index (χ0n) is 23.2. The van der Waals surface area contributed by atoms with Crippen LogP contribution in [0.3, 0.4) is 0 Å². The van der Waals surface area contributed by atoms with Crippen molar-refractivity contribution in [3.8, 4) is 0 Å². The van der Waals surface area contributed by atoms with Gasteiger partial charge in [-0.3, -0.25) is 0 Å². The van der Waals surface area contributed by atoms with E-state index in [0.29, 0.717) is 57.0 Å². The summed E-state index contributed by atoms with van der Waals surface area (Å²) in [6.45, 7) is 4.24. The van der Waals surface area contributed by atoms with Crippen LogP contribution in [0.25, 0.3) is 0 Å². The van der Waals surface area contributed by atoms with Crippen molar-refractivity contribution >= 4 is 20.0 Å². The second kappa shape index (κ2) is 11.7. The van der Waals surface area contributed by atoms with Gasteiger partial charge in [-0.1, -0.05) is 0 Å². The van der Waals surface area contributed by atoms with Crippen molar-refractivity contribution in [2.45, 2.75) is 57.0 Å². The molecule has 222 valence electrons. The topological polar surface area (TPSA) is 95.8 Å². The van der Waals surface area contributed by atoms with Gasteiger partial charge in [0.25, 0.3) is 0 Å². The number of halogens is 2. The summed E-state index contributed by atoms with van der Waals surface area (Å²) in [6, 6.07) is 4.06. The molecule has 2 saturated heterocycles. The number of imidazole rings is 1. The Bertz CT molecular complexity index is 1400. The van der Waals surface area contributed by atoms with E-state index < -0.39 is 31.7 Å². The molecule has 3 aliphatic heterocycles. The third-order valence-electron chi connectivity index (χ3n) is 8.93. The zero-order chi connectivity index (χ0) is 28.7. The number of nitrogens with zero attached hydrogens (tertiary/aromatic N) is 5. The average Bonchev–Trinajstić information content (AvgIpc) is 3.31. The molecule has 0 saturated carbocycles. The van der Waals surface area contributed by atoms with Crippen molar-refractivity contribution in [1.29, 1.82) is 0 Å². The van der Waals surface area contributed by atoms with Crippen molar-refractivity contribution < 1.29 is 25.6 Å². The molecule has 1 atom stereocenters. The zero-order valence-corrected chi connectivity index (χ0v) is 24.8. The third-order valence-corrected chi connectivity index (χ3v) is 11.5. The van der Waals surface area contributed by atoms with Gasteiger partial charge in [-0.2, -0.15) is 4.31 Å². The summed E-state index contributed by atoms with van der Waals surface area (Å²) in [7, 11) is -6.49. The summed E-state index contributed by atoms with van der Waals surface area (Å²) in [6.07, 6.45) is 8.95. The number of piperidine rings is 2. The molecule has 0 amide bonds. The predicted molar refractivity (Wildman–Crippen MR) is 149 cm³/mol. The third kappa shape index (κ3) is 6.75. The summed E-state index contributed by atoms with van der Waals surface area (Å²) in [4.78, 5) is 6.94. The number of aromatic nitrogens is 2. The van der Waals surface area contributed by atoms with E-state index in [-0.39, 0.29) is 11.8 Å². The molecule has 0 N–H and O–H groups in total. The van der Waals surface area contributed by atoms with E-state index in [1.54, 1.807) is 0 Å². The first kappa shape index (κ1) is 29.6. The molecular formula is C27H39F2N5O4S2. The number of rotatable bonds is 8.